The summed E-state index contributed by atoms with van der Waals surface area (Å²) in [6.07, 6.45) is 1.70. The Hall–Kier alpha value is -1.27. The highest BCUT2D eigenvalue weighted by Gasteiger charge is 2.27. The normalized spacial score (nSPS) is 11.8. The van der Waals surface area contributed by atoms with E-state index in [1.165, 1.54) is 0 Å². The van der Waals surface area contributed by atoms with Gasteiger partial charge in [0.05, 0.1) is 5.54 Å². The van der Waals surface area contributed by atoms with Crippen molar-refractivity contribution in [3.63, 3.8) is 0 Å². The number of hydrogen-bond donors (Lipinski definition) is 1. The SMILES string of the molecule is CCNC(C)(C)c1nc(-c2ncccc2Br)no1. The number of hydrogen-bond acceptors (Lipinski definition) is 5. The van der Waals surface area contributed by atoms with Crippen molar-refractivity contribution in [2.75, 3.05) is 6.54 Å². The molecule has 0 spiro atoms. The molecular formula is C12H15BrN4O. The third-order valence-corrected chi connectivity index (χ3v) is 3.19. The third-order valence-electron chi connectivity index (χ3n) is 2.55. The van der Waals surface area contributed by atoms with Crippen molar-refractivity contribution in [2.45, 2.75) is 26.3 Å². The summed E-state index contributed by atoms with van der Waals surface area (Å²) in [5.74, 6) is 1.04. The van der Waals surface area contributed by atoms with E-state index in [0.29, 0.717) is 17.4 Å². The highest BCUT2D eigenvalue weighted by Crippen LogP contribution is 2.25. The number of rotatable bonds is 4. The minimum atomic E-state index is -0.346. The van der Waals surface area contributed by atoms with Gasteiger partial charge in [-0.3, -0.25) is 4.98 Å². The van der Waals surface area contributed by atoms with Crippen LogP contribution in [-0.2, 0) is 5.54 Å². The fraction of sp³-hybridized carbons (Fsp3) is 0.417. The van der Waals surface area contributed by atoms with Crippen molar-refractivity contribution in [3.8, 4) is 11.5 Å². The maximum atomic E-state index is 5.31. The van der Waals surface area contributed by atoms with Gasteiger partial charge in [-0.05, 0) is 48.5 Å². The van der Waals surface area contributed by atoms with Gasteiger partial charge < -0.3 is 9.84 Å². The lowest BCUT2D eigenvalue weighted by atomic mass is 10.1. The molecule has 0 aliphatic carbocycles. The number of nitrogens with zero attached hydrogens (tertiary/aromatic N) is 3. The smallest absolute Gasteiger partial charge is 0.246 e. The second kappa shape index (κ2) is 5.16. The van der Waals surface area contributed by atoms with Gasteiger partial charge in [-0.2, -0.15) is 4.98 Å². The van der Waals surface area contributed by atoms with E-state index in [0.717, 1.165) is 11.0 Å². The van der Waals surface area contributed by atoms with Gasteiger partial charge in [0.1, 0.15) is 5.69 Å². The van der Waals surface area contributed by atoms with Crippen molar-refractivity contribution >= 4 is 15.9 Å². The summed E-state index contributed by atoms with van der Waals surface area (Å²) in [5.41, 5.74) is 0.334. The Morgan fingerprint density at radius 2 is 2.22 bits per heavy atom. The lowest BCUT2D eigenvalue weighted by Gasteiger charge is -2.20. The standard InChI is InChI=1S/C12H15BrN4O/c1-4-15-12(2,3)11-16-10(17-18-11)9-8(13)6-5-7-14-9/h5-7,15H,4H2,1-3H3. The topological polar surface area (TPSA) is 63.8 Å². The summed E-state index contributed by atoms with van der Waals surface area (Å²) in [5, 5.41) is 7.27. The van der Waals surface area contributed by atoms with Gasteiger partial charge >= 0.3 is 0 Å². The lowest BCUT2D eigenvalue weighted by Crippen LogP contribution is -2.36. The average molecular weight is 311 g/mol. The largest absolute Gasteiger partial charge is 0.337 e. The molecule has 6 heteroatoms. The highest BCUT2D eigenvalue weighted by atomic mass is 79.9. The number of halogens is 1. The molecule has 2 aromatic heterocycles. The first kappa shape index (κ1) is 13.2. The van der Waals surface area contributed by atoms with E-state index in [2.05, 4.69) is 36.4 Å². The van der Waals surface area contributed by atoms with Crippen LogP contribution in [-0.4, -0.2) is 21.7 Å². The average Bonchev–Trinajstić information content (AvgIpc) is 2.79. The van der Waals surface area contributed by atoms with E-state index in [-0.39, 0.29) is 5.54 Å². The van der Waals surface area contributed by atoms with Gasteiger partial charge in [0.25, 0.3) is 0 Å². The molecule has 0 fully saturated rings. The van der Waals surface area contributed by atoms with Crippen molar-refractivity contribution in [2.24, 2.45) is 0 Å². The van der Waals surface area contributed by atoms with Crippen LogP contribution in [0.4, 0.5) is 0 Å². The minimum Gasteiger partial charge on any atom is -0.337 e. The number of nitrogens with one attached hydrogen (secondary N) is 1. The molecule has 2 aromatic rings. The van der Waals surface area contributed by atoms with Crippen LogP contribution >= 0.6 is 15.9 Å². The van der Waals surface area contributed by atoms with Gasteiger partial charge in [0.15, 0.2) is 0 Å². The van der Waals surface area contributed by atoms with Crippen LogP contribution in [0.15, 0.2) is 27.3 Å². The Morgan fingerprint density at radius 3 is 2.89 bits per heavy atom. The predicted octanol–water partition coefficient (Wildman–Crippen LogP) is 2.74. The second-order valence-electron chi connectivity index (χ2n) is 4.41. The molecule has 0 unspecified atom stereocenters. The Labute approximate surface area is 114 Å². The maximum absolute atomic E-state index is 5.31. The monoisotopic (exact) mass is 310 g/mol. The number of aromatic nitrogens is 3. The molecule has 2 heterocycles. The summed E-state index contributed by atoms with van der Waals surface area (Å²) in [6, 6.07) is 3.74. The van der Waals surface area contributed by atoms with Gasteiger partial charge in [0, 0.05) is 10.7 Å². The molecule has 2 rings (SSSR count). The molecule has 0 amide bonds. The van der Waals surface area contributed by atoms with E-state index in [4.69, 9.17) is 4.52 Å². The first-order valence-electron chi connectivity index (χ1n) is 5.74. The summed E-state index contributed by atoms with van der Waals surface area (Å²) >= 11 is 3.42. The van der Waals surface area contributed by atoms with E-state index >= 15 is 0 Å². The molecule has 0 aliphatic rings. The Morgan fingerprint density at radius 1 is 1.44 bits per heavy atom. The van der Waals surface area contributed by atoms with Crippen molar-refractivity contribution in [3.05, 3.63) is 28.7 Å². The molecular weight excluding hydrogens is 296 g/mol. The van der Waals surface area contributed by atoms with Gasteiger partial charge in [-0.1, -0.05) is 12.1 Å². The lowest BCUT2D eigenvalue weighted by molar-refractivity contribution is 0.272. The Kier molecular flexibility index (Phi) is 3.77. The molecule has 1 N–H and O–H groups in total. The summed E-state index contributed by atoms with van der Waals surface area (Å²) in [6.45, 7) is 6.87. The quantitative estimate of drug-likeness (QED) is 0.940. The molecule has 0 saturated carbocycles. The van der Waals surface area contributed by atoms with Crippen LogP contribution < -0.4 is 5.32 Å². The van der Waals surface area contributed by atoms with Crippen LogP contribution in [0, 0.1) is 0 Å². The van der Waals surface area contributed by atoms with Crippen molar-refractivity contribution in [1.82, 2.24) is 20.4 Å². The molecule has 96 valence electrons. The molecule has 0 saturated heterocycles. The second-order valence-corrected chi connectivity index (χ2v) is 5.27. The van der Waals surface area contributed by atoms with E-state index in [9.17, 15) is 0 Å². The van der Waals surface area contributed by atoms with Crippen LogP contribution in [0.3, 0.4) is 0 Å². The molecule has 0 bridgehead atoms. The zero-order valence-electron chi connectivity index (χ0n) is 10.6. The molecule has 5 nitrogen and oxygen atoms in total. The predicted molar refractivity (Wildman–Crippen MR) is 71.9 cm³/mol. The van der Waals surface area contributed by atoms with Crippen LogP contribution in [0.25, 0.3) is 11.5 Å². The molecule has 18 heavy (non-hydrogen) atoms. The van der Waals surface area contributed by atoms with Gasteiger partial charge in [-0.15, -0.1) is 0 Å². The van der Waals surface area contributed by atoms with E-state index < -0.39 is 0 Å². The summed E-state index contributed by atoms with van der Waals surface area (Å²) < 4.78 is 6.15. The van der Waals surface area contributed by atoms with Crippen molar-refractivity contribution in [1.29, 1.82) is 0 Å². The molecule has 0 atom stereocenters. The number of pyridine rings is 1. The molecule has 0 aromatic carbocycles. The molecule has 0 aliphatic heterocycles. The maximum Gasteiger partial charge on any atom is 0.246 e. The Balaban J connectivity index is 2.34. The minimum absolute atomic E-state index is 0.346. The fourth-order valence-corrected chi connectivity index (χ4v) is 2.07. The zero-order valence-corrected chi connectivity index (χ0v) is 12.2. The third kappa shape index (κ3) is 2.59. The van der Waals surface area contributed by atoms with Crippen LogP contribution in [0.2, 0.25) is 0 Å². The zero-order chi connectivity index (χ0) is 13.2. The summed E-state index contributed by atoms with van der Waals surface area (Å²) in [7, 11) is 0. The van der Waals surface area contributed by atoms with Crippen molar-refractivity contribution < 1.29 is 4.52 Å². The highest BCUT2D eigenvalue weighted by molar-refractivity contribution is 9.10. The van der Waals surface area contributed by atoms with Crippen LogP contribution in [0.5, 0.6) is 0 Å². The summed E-state index contributed by atoms with van der Waals surface area (Å²) in [4.78, 5) is 8.64. The van der Waals surface area contributed by atoms with Gasteiger partial charge in [0.2, 0.25) is 11.7 Å². The van der Waals surface area contributed by atoms with Crippen LogP contribution in [0.1, 0.15) is 26.7 Å². The first-order valence-corrected chi connectivity index (χ1v) is 6.54. The molecule has 0 radical (unpaired) electrons. The first-order chi connectivity index (χ1) is 8.54. The van der Waals surface area contributed by atoms with Gasteiger partial charge in [-0.25, -0.2) is 0 Å². The Bertz CT molecular complexity index is 538. The van der Waals surface area contributed by atoms with E-state index in [1.54, 1.807) is 6.20 Å². The fourth-order valence-electron chi connectivity index (χ4n) is 1.64. The van der Waals surface area contributed by atoms with E-state index in [1.807, 2.05) is 32.9 Å².